The first-order valence-corrected chi connectivity index (χ1v) is 12.4. The lowest BCUT2D eigenvalue weighted by atomic mass is 9.77. The Hall–Kier alpha value is -2.61. The SMILES string of the molecule is COc1ccc(C2NNC3CCC(Nc4cc(-c5ccccc5)nc(SC)n4)CC32)cc1. The predicted molar refractivity (Wildman–Crippen MR) is 130 cm³/mol. The van der Waals surface area contributed by atoms with Crippen LogP contribution in [0.25, 0.3) is 11.3 Å². The van der Waals surface area contributed by atoms with E-state index in [1.807, 2.05) is 36.6 Å². The van der Waals surface area contributed by atoms with Crippen LogP contribution in [0.1, 0.15) is 30.9 Å². The minimum Gasteiger partial charge on any atom is -0.497 e. The quantitative estimate of drug-likeness (QED) is 0.375. The first-order valence-electron chi connectivity index (χ1n) is 11.1. The maximum Gasteiger partial charge on any atom is 0.189 e. The molecule has 166 valence electrons. The van der Waals surface area contributed by atoms with Gasteiger partial charge < -0.3 is 10.1 Å². The zero-order valence-corrected chi connectivity index (χ0v) is 19.2. The van der Waals surface area contributed by atoms with Crippen LogP contribution in [-0.2, 0) is 0 Å². The highest BCUT2D eigenvalue weighted by molar-refractivity contribution is 7.98. The van der Waals surface area contributed by atoms with Crippen molar-refractivity contribution in [2.45, 2.75) is 42.5 Å². The number of hydrogen-bond acceptors (Lipinski definition) is 7. The summed E-state index contributed by atoms with van der Waals surface area (Å²) in [6.07, 6.45) is 5.35. The highest BCUT2D eigenvalue weighted by Gasteiger charge is 2.41. The molecule has 1 saturated heterocycles. The van der Waals surface area contributed by atoms with Crippen molar-refractivity contribution in [2.75, 3.05) is 18.7 Å². The van der Waals surface area contributed by atoms with Gasteiger partial charge >= 0.3 is 0 Å². The van der Waals surface area contributed by atoms with E-state index in [1.54, 1.807) is 18.9 Å². The average molecular weight is 448 g/mol. The number of ether oxygens (including phenoxy) is 1. The molecule has 4 atom stereocenters. The fraction of sp³-hybridized carbons (Fsp3) is 0.360. The second-order valence-electron chi connectivity index (χ2n) is 8.46. The first-order chi connectivity index (χ1) is 15.7. The Bertz CT molecular complexity index is 1050. The molecule has 3 N–H and O–H groups in total. The van der Waals surface area contributed by atoms with Gasteiger partial charge in [-0.1, -0.05) is 54.2 Å². The van der Waals surface area contributed by atoms with Crippen molar-refractivity contribution in [2.24, 2.45) is 5.92 Å². The zero-order valence-electron chi connectivity index (χ0n) is 18.4. The van der Waals surface area contributed by atoms with Crippen LogP contribution in [0.3, 0.4) is 0 Å². The Labute approximate surface area is 193 Å². The molecule has 1 aliphatic carbocycles. The number of nitrogens with one attached hydrogen (secondary N) is 3. The van der Waals surface area contributed by atoms with E-state index >= 15 is 0 Å². The van der Waals surface area contributed by atoms with Crippen LogP contribution < -0.4 is 20.9 Å². The number of anilines is 1. The number of aromatic nitrogens is 2. The van der Waals surface area contributed by atoms with E-state index in [1.165, 1.54) is 5.56 Å². The van der Waals surface area contributed by atoms with E-state index in [4.69, 9.17) is 14.7 Å². The molecule has 32 heavy (non-hydrogen) atoms. The van der Waals surface area contributed by atoms with Crippen LogP contribution in [0.2, 0.25) is 0 Å². The van der Waals surface area contributed by atoms with E-state index in [9.17, 15) is 0 Å². The third-order valence-electron chi connectivity index (χ3n) is 6.54. The van der Waals surface area contributed by atoms with Gasteiger partial charge in [-0.15, -0.1) is 0 Å². The molecule has 0 radical (unpaired) electrons. The molecule has 2 aromatic carbocycles. The van der Waals surface area contributed by atoms with Crippen LogP contribution in [0.5, 0.6) is 5.75 Å². The Morgan fingerprint density at radius 3 is 2.56 bits per heavy atom. The topological polar surface area (TPSA) is 71.1 Å². The summed E-state index contributed by atoms with van der Waals surface area (Å²) in [4.78, 5) is 9.46. The number of hydrazine groups is 1. The lowest BCUT2D eigenvalue weighted by Crippen LogP contribution is -2.39. The zero-order chi connectivity index (χ0) is 21.9. The molecule has 3 aromatic rings. The van der Waals surface area contributed by atoms with Crippen molar-refractivity contribution in [3.8, 4) is 17.0 Å². The monoisotopic (exact) mass is 447 g/mol. The molecule has 1 saturated carbocycles. The van der Waals surface area contributed by atoms with Gasteiger partial charge in [0.1, 0.15) is 11.6 Å². The molecular weight excluding hydrogens is 418 g/mol. The van der Waals surface area contributed by atoms with Crippen LogP contribution in [-0.4, -0.2) is 35.4 Å². The Balaban J connectivity index is 1.33. The normalized spacial score (nSPS) is 24.7. The van der Waals surface area contributed by atoms with Crippen molar-refractivity contribution < 1.29 is 4.74 Å². The summed E-state index contributed by atoms with van der Waals surface area (Å²) < 4.78 is 5.32. The molecule has 6 nitrogen and oxygen atoms in total. The van der Waals surface area contributed by atoms with Crippen molar-refractivity contribution >= 4 is 17.6 Å². The third kappa shape index (κ3) is 4.46. The van der Waals surface area contributed by atoms with Crippen LogP contribution >= 0.6 is 11.8 Å². The van der Waals surface area contributed by atoms with Crippen LogP contribution in [0.15, 0.2) is 65.8 Å². The Morgan fingerprint density at radius 1 is 1.00 bits per heavy atom. The molecule has 0 amide bonds. The summed E-state index contributed by atoms with van der Waals surface area (Å²) in [7, 11) is 1.70. The number of thioether (sulfide) groups is 1. The van der Waals surface area contributed by atoms with Crippen LogP contribution in [0.4, 0.5) is 5.82 Å². The second kappa shape index (κ2) is 9.48. The maximum absolute atomic E-state index is 5.32. The van der Waals surface area contributed by atoms with E-state index < -0.39 is 0 Å². The van der Waals surface area contributed by atoms with Gasteiger partial charge in [0.2, 0.25) is 0 Å². The van der Waals surface area contributed by atoms with Gasteiger partial charge in [0.25, 0.3) is 0 Å². The van der Waals surface area contributed by atoms with Gasteiger partial charge in [-0.3, -0.25) is 5.43 Å². The summed E-state index contributed by atoms with van der Waals surface area (Å²) in [6, 6.07) is 22.0. The number of rotatable bonds is 6. The van der Waals surface area contributed by atoms with Crippen LogP contribution in [0, 0.1) is 5.92 Å². The molecular formula is C25H29N5OS. The molecule has 5 rings (SSSR count). The summed E-state index contributed by atoms with van der Waals surface area (Å²) in [5.41, 5.74) is 10.4. The van der Waals surface area contributed by atoms with Gasteiger partial charge in [-0.2, -0.15) is 0 Å². The lowest BCUT2D eigenvalue weighted by molar-refractivity contribution is 0.288. The van der Waals surface area contributed by atoms with Gasteiger partial charge in [-0.05, 0) is 49.1 Å². The maximum atomic E-state index is 5.32. The molecule has 4 unspecified atom stereocenters. The van der Waals surface area contributed by atoms with Gasteiger partial charge in [0.05, 0.1) is 18.8 Å². The van der Waals surface area contributed by atoms with E-state index in [0.717, 1.165) is 47.2 Å². The summed E-state index contributed by atoms with van der Waals surface area (Å²) >= 11 is 1.58. The van der Waals surface area contributed by atoms with Crippen molar-refractivity contribution in [1.29, 1.82) is 0 Å². The first kappa shape index (κ1) is 21.2. The molecule has 2 aliphatic rings. The summed E-state index contributed by atoms with van der Waals surface area (Å²) in [5.74, 6) is 2.32. The number of benzene rings is 2. The highest BCUT2D eigenvalue weighted by Crippen LogP contribution is 2.39. The number of nitrogens with zero attached hydrogens (tertiary/aromatic N) is 2. The predicted octanol–water partition coefficient (Wildman–Crippen LogP) is 4.67. The fourth-order valence-corrected chi connectivity index (χ4v) is 5.27. The number of fused-ring (bicyclic) bond motifs is 1. The van der Waals surface area contributed by atoms with Gasteiger partial charge in [0, 0.05) is 23.7 Å². The van der Waals surface area contributed by atoms with E-state index in [0.29, 0.717) is 24.0 Å². The number of methoxy groups -OCH3 is 1. The third-order valence-corrected chi connectivity index (χ3v) is 7.08. The van der Waals surface area contributed by atoms with Crippen molar-refractivity contribution in [3.05, 3.63) is 66.2 Å². The van der Waals surface area contributed by atoms with Crippen molar-refractivity contribution in [3.63, 3.8) is 0 Å². The van der Waals surface area contributed by atoms with Crippen molar-refractivity contribution in [1.82, 2.24) is 20.8 Å². The largest absolute Gasteiger partial charge is 0.497 e. The Morgan fingerprint density at radius 2 is 1.81 bits per heavy atom. The minimum atomic E-state index is 0.294. The summed E-state index contributed by atoms with van der Waals surface area (Å²) in [6.45, 7) is 0. The van der Waals surface area contributed by atoms with E-state index in [-0.39, 0.29) is 0 Å². The summed E-state index contributed by atoms with van der Waals surface area (Å²) in [5, 5.41) is 4.52. The Kier molecular flexibility index (Phi) is 6.30. The molecule has 0 spiro atoms. The molecule has 1 aliphatic heterocycles. The van der Waals surface area contributed by atoms with Gasteiger partial charge in [-0.25, -0.2) is 15.4 Å². The molecule has 2 fully saturated rings. The fourth-order valence-electron chi connectivity index (χ4n) is 4.89. The number of hydrogen-bond donors (Lipinski definition) is 3. The van der Waals surface area contributed by atoms with Gasteiger partial charge in [0.15, 0.2) is 5.16 Å². The average Bonchev–Trinajstić information content (AvgIpc) is 3.27. The minimum absolute atomic E-state index is 0.294. The molecule has 7 heteroatoms. The molecule has 0 bridgehead atoms. The molecule has 1 aromatic heterocycles. The molecule has 2 heterocycles. The smallest absolute Gasteiger partial charge is 0.189 e. The standard InChI is InChI=1S/C25H29N5OS/c1-31-19-11-8-17(9-12-19)24-20-14-18(10-13-21(20)29-30-24)26-23-15-22(27-25(28-23)32-2)16-6-4-3-5-7-16/h3-9,11-12,15,18,20-21,24,29-30H,10,13-14H2,1-2H3,(H,26,27,28). The van der Waals surface area contributed by atoms with E-state index in [2.05, 4.69) is 46.5 Å². The highest BCUT2D eigenvalue weighted by atomic mass is 32.2. The second-order valence-corrected chi connectivity index (χ2v) is 9.23. The lowest BCUT2D eigenvalue weighted by Gasteiger charge is -2.34.